The maximum absolute atomic E-state index is 13.2. The zero-order valence-electron chi connectivity index (χ0n) is 13.7. The minimum Gasteiger partial charge on any atom is -0.384 e. The van der Waals surface area contributed by atoms with Crippen molar-refractivity contribution < 1.29 is 4.39 Å². The van der Waals surface area contributed by atoms with Gasteiger partial charge in [0, 0.05) is 36.3 Å². The van der Waals surface area contributed by atoms with E-state index in [2.05, 4.69) is 25.1 Å². The van der Waals surface area contributed by atoms with Crippen LogP contribution in [-0.4, -0.2) is 33.3 Å². The maximum atomic E-state index is 13.2. The first-order valence-electron chi connectivity index (χ1n) is 8.32. The van der Waals surface area contributed by atoms with E-state index in [1.807, 2.05) is 6.20 Å². The number of benzene rings is 1. The first-order chi connectivity index (χ1) is 12.2. The molecule has 1 saturated heterocycles. The molecule has 0 saturated carbocycles. The monoisotopic (exact) mass is 338 g/mol. The third kappa shape index (κ3) is 3.17. The Morgan fingerprint density at radius 3 is 2.84 bits per heavy atom. The lowest BCUT2D eigenvalue weighted by Crippen LogP contribution is -2.35. The predicted octanol–water partition coefficient (Wildman–Crippen LogP) is 2.97. The van der Waals surface area contributed by atoms with Crippen LogP contribution < -0.4 is 10.6 Å². The molecule has 128 valence electrons. The van der Waals surface area contributed by atoms with E-state index in [1.54, 1.807) is 18.2 Å². The molecule has 1 fully saturated rings. The fraction of sp³-hybridized carbons (Fsp3) is 0.278. The van der Waals surface area contributed by atoms with Gasteiger partial charge in [0.1, 0.15) is 23.8 Å². The lowest BCUT2D eigenvalue weighted by molar-refractivity contribution is 0.498. The number of H-pyrrole nitrogens is 1. The van der Waals surface area contributed by atoms with Gasteiger partial charge in [-0.3, -0.25) is 5.10 Å². The van der Waals surface area contributed by atoms with Gasteiger partial charge in [0.2, 0.25) is 0 Å². The van der Waals surface area contributed by atoms with Gasteiger partial charge >= 0.3 is 0 Å². The summed E-state index contributed by atoms with van der Waals surface area (Å²) in [5.41, 5.74) is 8.85. The minimum atomic E-state index is -0.237. The van der Waals surface area contributed by atoms with E-state index in [9.17, 15) is 4.39 Å². The molecular formula is C18H19FN6. The molecule has 4 rings (SSSR count). The highest BCUT2D eigenvalue weighted by Gasteiger charge is 2.26. The van der Waals surface area contributed by atoms with Crippen molar-refractivity contribution in [2.45, 2.75) is 18.8 Å². The Morgan fingerprint density at radius 1 is 1.20 bits per heavy atom. The van der Waals surface area contributed by atoms with Gasteiger partial charge in [0.05, 0.1) is 6.20 Å². The van der Waals surface area contributed by atoms with Crippen molar-refractivity contribution in [2.75, 3.05) is 23.7 Å². The molecule has 2 aromatic heterocycles. The van der Waals surface area contributed by atoms with Crippen molar-refractivity contribution in [1.82, 2.24) is 20.2 Å². The van der Waals surface area contributed by atoms with E-state index in [-0.39, 0.29) is 5.82 Å². The predicted molar refractivity (Wildman–Crippen MR) is 94.6 cm³/mol. The molecule has 6 nitrogen and oxygen atoms in total. The lowest BCUT2D eigenvalue weighted by atomic mass is 9.90. The van der Waals surface area contributed by atoms with Gasteiger partial charge < -0.3 is 10.6 Å². The molecule has 25 heavy (non-hydrogen) atoms. The van der Waals surface area contributed by atoms with Crippen molar-refractivity contribution in [2.24, 2.45) is 0 Å². The quantitative estimate of drug-likeness (QED) is 0.767. The molecule has 0 aliphatic carbocycles. The Kier molecular flexibility index (Phi) is 4.05. The fourth-order valence-electron chi connectivity index (χ4n) is 3.42. The number of piperidine rings is 1. The van der Waals surface area contributed by atoms with E-state index in [1.165, 1.54) is 18.5 Å². The highest BCUT2D eigenvalue weighted by Crippen LogP contribution is 2.34. The van der Waals surface area contributed by atoms with Crippen molar-refractivity contribution in [3.05, 3.63) is 54.4 Å². The van der Waals surface area contributed by atoms with Crippen molar-refractivity contribution >= 4 is 11.6 Å². The van der Waals surface area contributed by atoms with Crippen molar-refractivity contribution in [3.63, 3.8) is 0 Å². The van der Waals surface area contributed by atoms with Crippen LogP contribution in [0.1, 0.15) is 24.5 Å². The summed E-state index contributed by atoms with van der Waals surface area (Å²) < 4.78 is 13.2. The number of hydrogen-bond donors (Lipinski definition) is 2. The van der Waals surface area contributed by atoms with E-state index in [0.717, 1.165) is 48.6 Å². The van der Waals surface area contributed by atoms with E-state index < -0.39 is 0 Å². The third-order valence-corrected chi connectivity index (χ3v) is 4.65. The smallest absolute Gasteiger partial charge is 0.134 e. The number of nitrogens with one attached hydrogen (secondary N) is 1. The number of nitrogens with zero attached hydrogens (tertiary/aromatic N) is 4. The zero-order chi connectivity index (χ0) is 17.2. The Hall–Kier alpha value is -2.96. The van der Waals surface area contributed by atoms with E-state index in [4.69, 9.17) is 5.73 Å². The number of halogens is 1. The number of anilines is 2. The van der Waals surface area contributed by atoms with Gasteiger partial charge in [-0.25, -0.2) is 14.4 Å². The molecule has 3 aromatic rings. The highest BCUT2D eigenvalue weighted by molar-refractivity contribution is 5.66. The van der Waals surface area contributed by atoms with Crippen LogP contribution in [0.5, 0.6) is 0 Å². The molecule has 3 heterocycles. The van der Waals surface area contributed by atoms with E-state index >= 15 is 0 Å². The standard InChI is InChI=1S/C18H19FN6/c19-14-5-3-12(4-6-14)15-9-23-24-18(15)13-2-1-7-25(10-13)17-8-16(20)21-11-22-17/h3-6,8-9,11,13H,1-2,7,10H2,(H,23,24)(H2,20,21,22)/t13-/m0/s1. The Labute approximate surface area is 144 Å². The topological polar surface area (TPSA) is 83.7 Å². The molecule has 7 heteroatoms. The van der Waals surface area contributed by atoms with Crippen LogP contribution in [0.3, 0.4) is 0 Å². The summed E-state index contributed by atoms with van der Waals surface area (Å²) in [6.07, 6.45) is 5.42. The molecular weight excluding hydrogens is 319 g/mol. The van der Waals surface area contributed by atoms with Gasteiger partial charge in [-0.15, -0.1) is 0 Å². The van der Waals surface area contributed by atoms with Crippen molar-refractivity contribution in [1.29, 1.82) is 0 Å². The number of nitrogens with two attached hydrogens (primary N) is 1. The van der Waals surface area contributed by atoms with Crippen LogP contribution in [0.2, 0.25) is 0 Å². The van der Waals surface area contributed by atoms with Gasteiger partial charge in [-0.1, -0.05) is 12.1 Å². The SMILES string of the molecule is Nc1cc(N2CCC[C@H](c3[nH]ncc3-c3ccc(F)cc3)C2)ncn1. The fourth-order valence-corrected chi connectivity index (χ4v) is 3.42. The highest BCUT2D eigenvalue weighted by atomic mass is 19.1. The number of aromatic amines is 1. The summed E-state index contributed by atoms with van der Waals surface area (Å²) in [4.78, 5) is 10.5. The first-order valence-corrected chi connectivity index (χ1v) is 8.32. The van der Waals surface area contributed by atoms with Crippen LogP contribution in [0.4, 0.5) is 16.0 Å². The van der Waals surface area contributed by atoms with Crippen LogP contribution in [-0.2, 0) is 0 Å². The second-order valence-electron chi connectivity index (χ2n) is 6.29. The first kappa shape index (κ1) is 15.6. The Balaban J connectivity index is 1.60. The average Bonchev–Trinajstić information content (AvgIpc) is 3.12. The molecule has 0 unspecified atom stereocenters. The summed E-state index contributed by atoms with van der Waals surface area (Å²) in [6.45, 7) is 1.76. The molecule has 1 aliphatic heterocycles. The van der Waals surface area contributed by atoms with Gasteiger partial charge in [0.15, 0.2) is 0 Å². The molecule has 0 bridgehead atoms. The van der Waals surface area contributed by atoms with Gasteiger partial charge in [-0.05, 0) is 30.5 Å². The number of aromatic nitrogens is 4. The minimum absolute atomic E-state index is 0.237. The normalized spacial score (nSPS) is 17.6. The van der Waals surface area contributed by atoms with E-state index in [0.29, 0.717) is 11.7 Å². The molecule has 1 aromatic carbocycles. The molecule has 1 aliphatic rings. The summed E-state index contributed by atoms with van der Waals surface area (Å²) in [5.74, 6) is 1.38. The largest absolute Gasteiger partial charge is 0.384 e. The van der Waals surface area contributed by atoms with Gasteiger partial charge in [0.25, 0.3) is 0 Å². The Bertz CT molecular complexity index is 860. The molecule has 0 spiro atoms. The van der Waals surface area contributed by atoms with Crippen molar-refractivity contribution in [3.8, 4) is 11.1 Å². The molecule has 1 atom stereocenters. The summed E-state index contributed by atoms with van der Waals surface area (Å²) in [6, 6.07) is 8.33. The van der Waals surface area contributed by atoms with Crippen LogP contribution in [0.15, 0.2) is 42.9 Å². The second kappa shape index (κ2) is 6.51. The zero-order valence-corrected chi connectivity index (χ0v) is 13.7. The maximum Gasteiger partial charge on any atom is 0.134 e. The number of hydrogen-bond acceptors (Lipinski definition) is 5. The molecule has 3 N–H and O–H groups in total. The molecule has 0 radical (unpaired) electrons. The number of nitrogen functional groups attached to an aromatic ring is 1. The Morgan fingerprint density at radius 2 is 2.04 bits per heavy atom. The third-order valence-electron chi connectivity index (χ3n) is 4.65. The number of rotatable bonds is 3. The van der Waals surface area contributed by atoms with Gasteiger partial charge in [-0.2, -0.15) is 5.10 Å². The summed E-state index contributed by atoms with van der Waals surface area (Å²) in [5, 5.41) is 7.37. The summed E-state index contributed by atoms with van der Waals surface area (Å²) in [7, 11) is 0. The van der Waals surface area contributed by atoms with Crippen LogP contribution >= 0.6 is 0 Å². The second-order valence-corrected chi connectivity index (χ2v) is 6.29. The average molecular weight is 338 g/mol. The lowest BCUT2D eigenvalue weighted by Gasteiger charge is -2.33. The van der Waals surface area contributed by atoms with Crippen LogP contribution in [0, 0.1) is 5.82 Å². The molecule has 0 amide bonds. The van der Waals surface area contributed by atoms with Crippen LogP contribution in [0.25, 0.3) is 11.1 Å². The summed E-state index contributed by atoms with van der Waals surface area (Å²) >= 11 is 0.